The molecule has 0 spiro atoms. The molecule has 2 amide bonds. The summed E-state index contributed by atoms with van der Waals surface area (Å²) in [6, 6.07) is 6.95. The quantitative estimate of drug-likeness (QED) is 0.678. The van der Waals surface area contributed by atoms with Gasteiger partial charge in [0.25, 0.3) is 5.91 Å². The van der Waals surface area contributed by atoms with Gasteiger partial charge in [0.05, 0.1) is 24.2 Å². The number of rotatable bonds is 7. The smallest absolute Gasteiger partial charge is 0.341 e. The topological polar surface area (TPSA) is 93.7 Å². The lowest BCUT2D eigenvalue weighted by molar-refractivity contribution is -0.118. The van der Waals surface area contributed by atoms with Crippen LogP contribution in [-0.4, -0.2) is 31.5 Å². The van der Waals surface area contributed by atoms with Crippen LogP contribution in [0.3, 0.4) is 0 Å². The Bertz CT molecular complexity index is 889. The summed E-state index contributed by atoms with van der Waals surface area (Å²) in [4.78, 5) is 37.6. The van der Waals surface area contributed by atoms with Gasteiger partial charge in [0.2, 0.25) is 5.91 Å². The molecule has 0 aliphatic heterocycles. The second kappa shape index (κ2) is 9.36. The maximum absolute atomic E-state index is 12.8. The number of hydrogen-bond acceptors (Lipinski definition) is 6. The summed E-state index contributed by atoms with van der Waals surface area (Å²) in [5.41, 5.74) is 1.22. The van der Waals surface area contributed by atoms with Crippen molar-refractivity contribution in [1.29, 1.82) is 0 Å². The predicted molar refractivity (Wildman–Crippen MR) is 109 cm³/mol. The molecule has 0 saturated heterocycles. The van der Waals surface area contributed by atoms with Crippen molar-refractivity contribution in [2.75, 3.05) is 24.4 Å². The first-order valence-electron chi connectivity index (χ1n) is 8.85. The van der Waals surface area contributed by atoms with Gasteiger partial charge in [-0.25, -0.2) is 4.79 Å². The largest absolute Gasteiger partial charge is 0.497 e. The van der Waals surface area contributed by atoms with Crippen LogP contribution >= 0.6 is 11.3 Å². The number of anilines is 2. The molecular formula is C20H24N2O5S. The fraction of sp³-hybridized carbons (Fsp3) is 0.350. The third-order valence-corrected chi connectivity index (χ3v) is 5.13. The Morgan fingerprint density at radius 1 is 1.18 bits per heavy atom. The Balaban J connectivity index is 2.38. The van der Waals surface area contributed by atoms with Crippen molar-refractivity contribution in [2.24, 2.45) is 5.92 Å². The molecule has 7 nitrogen and oxygen atoms in total. The van der Waals surface area contributed by atoms with Crippen molar-refractivity contribution >= 4 is 39.8 Å². The molecule has 2 N–H and O–H groups in total. The Labute approximate surface area is 168 Å². The third-order valence-electron chi connectivity index (χ3n) is 3.92. The summed E-state index contributed by atoms with van der Waals surface area (Å²) in [7, 11) is 1.54. The van der Waals surface area contributed by atoms with Crippen LogP contribution in [0.2, 0.25) is 0 Å². The van der Waals surface area contributed by atoms with Crippen LogP contribution in [0.5, 0.6) is 5.75 Å². The molecule has 1 aromatic heterocycles. The second-order valence-corrected chi connectivity index (χ2v) is 7.33. The van der Waals surface area contributed by atoms with E-state index in [2.05, 4.69) is 10.6 Å². The molecule has 0 bridgehead atoms. The number of esters is 1. The number of carbonyl (C=O) groups excluding carboxylic acids is 3. The highest BCUT2D eigenvalue weighted by Crippen LogP contribution is 2.34. The number of methoxy groups -OCH3 is 1. The van der Waals surface area contributed by atoms with E-state index in [4.69, 9.17) is 9.47 Å². The monoisotopic (exact) mass is 404 g/mol. The van der Waals surface area contributed by atoms with Crippen LogP contribution in [0.1, 0.15) is 46.4 Å². The zero-order chi connectivity index (χ0) is 20.8. The highest BCUT2D eigenvalue weighted by atomic mass is 32.1. The standard InChI is InChI=1S/C20H24N2O5S/c1-6-27-20(25)15-12(4)16(28-19(15)22-17(23)11(2)3)18(24)21-13-8-7-9-14(10-13)26-5/h7-11H,6H2,1-5H3,(H,21,24)(H,22,23). The number of thiophene rings is 1. The summed E-state index contributed by atoms with van der Waals surface area (Å²) < 4.78 is 10.3. The van der Waals surface area contributed by atoms with E-state index in [0.29, 0.717) is 26.9 Å². The van der Waals surface area contributed by atoms with Crippen LogP contribution in [-0.2, 0) is 9.53 Å². The summed E-state index contributed by atoms with van der Waals surface area (Å²) in [5.74, 6) is -0.863. The number of hydrogen-bond donors (Lipinski definition) is 2. The first-order valence-corrected chi connectivity index (χ1v) is 9.66. The predicted octanol–water partition coefficient (Wildman–Crippen LogP) is 4.09. The molecular weight excluding hydrogens is 380 g/mol. The summed E-state index contributed by atoms with van der Waals surface area (Å²) in [6.07, 6.45) is 0. The minimum absolute atomic E-state index is 0.191. The van der Waals surface area contributed by atoms with Crippen LogP contribution in [0, 0.1) is 12.8 Å². The Morgan fingerprint density at radius 2 is 1.89 bits per heavy atom. The first kappa shape index (κ1) is 21.4. The SMILES string of the molecule is CCOC(=O)c1c(NC(=O)C(C)C)sc(C(=O)Nc2cccc(OC)c2)c1C. The van der Waals surface area contributed by atoms with Crippen LogP contribution < -0.4 is 15.4 Å². The lowest BCUT2D eigenvalue weighted by atomic mass is 10.1. The Hall–Kier alpha value is -2.87. The van der Waals surface area contributed by atoms with E-state index in [9.17, 15) is 14.4 Å². The fourth-order valence-corrected chi connectivity index (χ4v) is 3.51. The van der Waals surface area contributed by atoms with E-state index in [0.717, 1.165) is 11.3 Å². The van der Waals surface area contributed by atoms with Gasteiger partial charge >= 0.3 is 5.97 Å². The molecule has 2 rings (SSSR count). The molecule has 0 aliphatic rings. The van der Waals surface area contributed by atoms with Gasteiger partial charge < -0.3 is 20.1 Å². The molecule has 0 atom stereocenters. The van der Waals surface area contributed by atoms with E-state index in [1.54, 1.807) is 59.1 Å². The lowest BCUT2D eigenvalue weighted by Gasteiger charge is -2.08. The first-order chi connectivity index (χ1) is 13.3. The minimum atomic E-state index is -0.573. The van der Waals surface area contributed by atoms with Crippen molar-refractivity contribution < 1.29 is 23.9 Å². The van der Waals surface area contributed by atoms with Crippen molar-refractivity contribution in [3.8, 4) is 5.75 Å². The number of carbonyl (C=O) groups is 3. The average Bonchev–Trinajstić information content (AvgIpc) is 2.98. The van der Waals surface area contributed by atoms with Crippen molar-refractivity contribution in [3.63, 3.8) is 0 Å². The second-order valence-electron chi connectivity index (χ2n) is 6.31. The normalized spacial score (nSPS) is 10.5. The maximum Gasteiger partial charge on any atom is 0.341 e. The number of ether oxygens (including phenoxy) is 2. The van der Waals surface area contributed by atoms with E-state index in [1.165, 1.54) is 0 Å². The fourth-order valence-electron chi connectivity index (χ4n) is 2.41. The average molecular weight is 404 g/mol. The molecule has 28 heavy (non-hydrogen) atoms. The Morgan fingerprint density at radius 3 is 2.50 bits per heavy atom. The van der Waals surface area contributed by atoms with Gasteiger partial charge in [-0.2, -0.15) is 0 Å². The van der Waals surface area contributed by atoms with Gasteiger partial charge in [0, 0.05) is 17.7 Å². The summed E-state index contributed by atoms with van der Waals surface area (Å²) in [6.45, 7) is 7.04. The minimum Gasteiger partial charge on any atom is -0.497 e. The molecule has 2 aromatic rings. The van der Waals surface area contributed by atoms with E-state index in [1.807, 2.05) is 0 Å². The van der Waals surface area contributed by atoms with Gasteiger partial charge in [-0.05, 0) is 31.5 Å². The molecule has 1 aromatic carbocycles. The third kappa shape index (κ3) is 4.89. The van der Waals surface area contributed by atoms with Crippen molar-refractivity contribution in [3.05, 3.63) is 40.3 Å². The zero-order valence-corrected chi connectivity index (χ0v) is 17.4. The molecule has 0 aliphatic carbocycles. The maximum atomic E-state index is 12.8. The molecule has 0 saturated carbocycles. The molecule has 150 valence electrons. The molecule has 0 unspecified atom stereocenters. The lowest BCUT2D eigenvalue weighted by Crippen LogP contribution is -2.19. The van der Waals surface area contributed by atoms with Gasteiger partial charge in [0.1, 0.15) is 10.8 Å². The van der Waals surface area contributed by atoms with Crippen LogP contribution in [0.4, 0.5) is 10.7 Å². The van der Waals surface area contributed by atoms with E-state index >= 15 is 0 Å². The van der Waals surface area contributed by atoms with Crippen LogP contribution in [0.25, 0.3) is 0 Å². The Kier molecular flexibility index (Phi) is 7.17. The summed E-state index contributed by atoms with van der Waals surface area (Å²) in [5, 5.41) is 5.82. The number of nitrogens with one attached hydrogen (secondary N) is 2. The van der Waals surface area contributed by atoms with E-state index < -0.39 is 5.97 Å². The zero-order valence-electron chi connectivity index (χ0n) is 16.5. The number of amides is 2. The van der Waals surface area contributed by atoms with E-state index in [-0.39, 0.29) is 29.9 Å². The van der Waals surface area contributed by atoms with Gasteiger partial charge in [-0.15, -0.1) is 11.3 Å². The van der Waals surface area contributed by atoms with Gasteiger partial charge in [-0.3, -0.25) is 9.59 Å². The number of benzene rings is 1. The summed E-state index contributed by atoms with van der Waals surface area (Å²) >= 11 is 1.05. The highest BCUT2D eigenvalue weighted by molar-refractivity contribution is 7.18. The molecule has 8 heteroatoms. The molecule has 0 fully saturated rings. The van der Waals surface area contributed by atoms with Gasteiger partial charge in [0.15, 0.2) is 0 Å². The van der Waals surface area contributed by atoms with Crippen molar-refractivity contribution in [2.45, 2.75) is 27.7 Å². The molecule has 0 radical (unpaired) electrons. The van der Waals surface area contributed by atoms with Crippen LogP contribution in [0.15, 0.2) is 24.3 Å². The highest BCUT2D eigenvalue weighted by Gasteiger charge is 2.27. The van der Waals surface area contributed by atoms with Gasteiger partial charge in [-0.1, -0.05) is 19.9 Å². The molecule has 1 heterocycles. The van der Waals surface area contributed by atoms with Crippen molar-refractivity contribution in [1.82, 2.24) is 0 Å².